The number of carbonyl (C=O) groups is 1. The van der Waals surface area contributed by atoms with Crippen LogP contribution in [0.15, 0.2) is 47.4 Å². The number of thiocarbonyl (C=S) groups is 1. The molecule has 0 radical (unpaired) electrons. The quantitative estimate of drug-likeness (QED) is 0.315. The van der Waals surface area contributed by atoms with Crippen molar-refractivity contribution in [1.82, 2.24) is 5.32 Å². The number of nitro benzene ring substituents is 1. The number of benzene rings is 2. The maximum atomic E-state index is 11.8. The van der Waals surface area contributed by atoms with E-state index in [9.17, 15) is 14.9 Å². The highest BCUT2D eigenvalue weighted by Gasteiger charge is 2.22. The van der Waals surface area contributed by atoms with Gasteiger partial charge in [0, 0.05) is 12.1 Å². The van der Waals surface area contributed by atoms with Crippen molar-refractivity contribution in [1.29, 1.82) is 0 Å². The van der Waals surface area contributed by atoms with Gasteiger partial charge >= 0.3 is 0 Å². The lowest BCUT2D eigenvalue weighted by molar-refractivity contribution is -0.384. The van der Waals surface area contributed by atoms with Crippen LogP contribution in [0.25, 0.3) is 6.08 Å². The average Bonchev–Trinajstić information content (AvgIpc) is 2.98. The normalized spacial score (nSPS) is 14.8. The van der Waals surface area contributed by atoms with Crippen LogP contribution in [-0.2, 0) is 11.4 Å². The maximum Gasteiger partial charge on any atom is 0.269 e. The van der Waals surface area contributed by atoms with Crippen molar-refractivity contribution in [2.75, 3.05) is 6.61 Å². The predicted molar refractivity (Wildman–Crippen MR) is 111 cm³/mol. The van der Waals surface area contributed by atoms with Gasteiger partial charge in [0.25, 0.3) is 11.6 Å². The molecule has 0 bridgehead atoms. The monoisotopic (exact) mass is 416 g/mol. The summed E-state index contributed by atoms with van der Waals surface area (Å²) in [5, 5.41) is 13.5. The summed E-state index contributed by atoms with van der Waals surface area (Å²) in [7, 11) is 0. The Morgan fingerprint density at radius 2 is 2.04 bits per heavy atom. The van der Waals surface area contributed by atoms with Gasteiger partial charge in [-0.3, -0.25) is 14.9 Å². The second-order valence-electron chi connectivity index (χ2n) is 5.71. The average molecular weight is 416 g/mol. The van der Waals surface area contributed by atoms with Crippen LogP contribution in [0.4, 0.5) is 5.69 Å². The van der Waals surface area contributed by atoms with Crippen molar-refractivity contribution < 1.29 is 19.2 Å². The van der Waals surface area contributed by atoms with Gasteiger partial charge in [-0.2, -0.15) is 0 Å². The van der Waals surface area contributed by atoms with E-state index in [0.29, 0.717) is 32.9 Å². The summed E-state index contributed by atoms with van der Waals surface area (Å²) in [5.41, 5.74) is 1.46. The first-order chi connectivity index (χ1) is 13.5. The van der Waals surface area contributed by atoms with Crippen molar-refractivity contribution in [2.24, 2.45) is 0 Å². The summed E-state index contributed by atoms with van der Waals surface area (Å²) in [6.07, 6.45) is 1.73. The lowest BCUT2D eigenvalue weighted by Gasteiger charge is -2.13. The zero-order valence-corrected chi connectivity index (χ0v) is 16.5. The minimum Gasteiger partial charge on any atom is -0.490 e. The Bertz CT molecular complexity index is 975. The molecule has 1 aliphatic heterocycles. The molecular weight excluding hydrogens is 400 g/mol. The van der Waals surface area contributed by atoms with Gasteiger partial charge < -0.3 is 14.8 Å². The largest absolute Gasteiger partial charge is 0.490 e. The van der Waals surface area contributed by atoms with Crippen LogP contribution in [0.5, 0.6) is 11.5 Å². The minimum absolute atomic E-state index is 0.0124. The highest BCUT2D eigenvalue weighted by atomic mass is 32.2. The van der Waals surface area contributed by atoms with Crippen LogP contribution < -0.4 is 14.8 Å². The van der Waals surface area contributed by atoms with Crippen LogP contribution in [0, 0.1) is 10.1 Å². The third kappa shape index (κ3) is 4.87. The Morgan fingerprint density at radius 1 is 1.21 bits per heavy atom. The van der Waals surface area contributed by atoms with E-state index in [1.54, 1.807) is 36.4 Å². The number of ether oxygens (including phenoxy) is 2. The molecule has 3 rings (SSSR count). The maximum absolute atomic E-state index is 11.8. The molecule has 0 spiro atoms. The number of nitrogens with zero attached hydrogens (tertiary/aromatic N) is 1. The number of carbonyl (C=O) groups excluding carboxylic acids is 1. The SMILES string of the molecule is CCOc1cc(/C=C2/SC(=S)NC2=O)ccc1OCc1cccc([N+](=O)[O-])c1. The summed E-state index contributed by atoms with van der Waals surface area (Å²) >= 11 is 6.19. The van der Waals surface area contributed by atoms with Gasteiger partial charge in [-0.25, -0.2) is 0 Å². The summed E-state index contributed by atoms with van der Waals surface area (Å²) in [5.74, 6) is 0.807. The molecular formula is C19H16N2O5S2. The van der Waals surface area contributed by atoms with Gasteiger partial charge in [0.1, 0.15) is 10.9 Å². The smallest absolute Gasteiger partial charge is 0.269 e. The predicted octanol–water partition coefficient (Wildman–Crippen LogP) is 4.06. The minimum atomic E-state index is -0.444. The summed E-state index contributed by atoms with van der Waals surface area (Å²) in [6.45, 7) is 2.45. The number of rotatable bonds is 7. The highest BCUT2D eigenvalue weighted by Crippen LogP contribution is 2.32. The second kappa shape index (κ2) is 8.85. The molecule has 2 aromatic carbocycles. The van der Waals surface area contributed by atoms with Gasteiger partial charge in [0.2, 0.25) is 0 Å². The Labute approximate surface area is 170 Å². The first-order valence-corrected chi connectivity index (χ1v) is 9.56. The number of amides is 1. The van der Waals surface area contributed by atoms with Crippen LogP contribution in [0.2, 0.25) is 0 Å². The second-order valence-corrected chi connectivity index (χ2v) is 7.43. The third-order valence-electron chi connectivity index (χ3n) is 3.72. The van der Waals surface area contributed by atoms with Crippen molar-refractivity contribution in [2.45, 2.75) is 13.5 Å². The molecule has 7 nitrogen and oxygen atoms in total. The van der Waals surface area contributed by atoms with Crippen LogP contribution in [0.3, 0.4) is 0 Å². The van der Waals surface area contributed by atoms with Crippen LogP contribution in [-0.4, -0.2) is 21.8 Å². The van der Waals surface area contributed by atoms with Crippen molar-refractivity contribution in [3.63, 3.8) is 0 Å². The Balaban J connectivity index is 1.79. The first kappa shape index (κ1) is 19.8. The molecule has 0 saturated carbocycles. The molecule has 0 aromatic heterocycles. The third-order valence-corrected chi connectivity index (χ3v) is 4.89. The Kier molecular flexibility index (Phi) is 6.27. The number of nitrogens with one attached hydrogen (secondary N) is 1. The van der Waals surface area contributed by atoms with Crippen molar-refractivity contribution in [3.8, 4) is 11.5 Å². The van der Waals surface area contributed by atoms with Crippen LogP contribution >= 0.6 is 24.0 Å². The topological polar surface area (TPSA) is 90.7 Å². The molecule has 1 N–H and O–H groups in total. The fourth-order valence-corrected chi connectivity index (χ4v) is 3.54. The van der Waals surface area contributed by atoms with Crippen LogP contribution in [0.1, 0.15) is 18.1 Å². The summed E-state index contributed by atoms with van der Waals surface area (Å²) in [6, 6.07) is 11.6. The van der Waals surface area contributed by atoms with E-state index in [0.717, 1.165) is 5.56 Å². The van der Waals surface area contributed by atoms with Gasteiger partial charge in [0.15, 0.2) is 11.5 Å². The zero-order chi connectivity index (χ0) is 20.1. The lowest BCUT2D eigenvalue weighted by Crippen LogP contribution is -2.17. The van der Waals surface area contributed by atoms with E-state index in [-0.39, 0.29) is 18.2 Å². The summed E-state index contributed by atoms with van der Waals surface area (Å²) < 4.78 is 11.9. The van der Waals surface area contributed by atoms with E-state index >= 15 is 0 Å². The highest BCUT2D eigenvalue weighted by molar-refractivity contribution is 8.26. The van der Waals surface area contributed by atoms with E-state index in [1.807, 2.05) is 6.92 Å². The fraction of sp³-hybridized carbons (Fsp3) is 0.158. The molecule has 0 atom stereocenters. The van der Waals surface area contributed by atoms with E-state index in [2.05, 4.69) is 5.32 Å². The van der Waals surface area contributed by atoms with Gasteiger partial charge in [0.05, 0.1) is 16.4 Å². The summed E-state index contributed by atoms with van der Waals surface area (Å²) in [4.78, 5) is 22.8. The van der Waals surface area contributed by atoms with Gasteiger partial charge in [-0.15, -0.1) is 0 Å². The van der Waals surface area contributed by atoms with Crippen molar-refractivity contribution >= 4 is 46.0 Å². The molecule has 2 aromatic rings. The Hall–Kier alpha value is -2.91. The molecule has 0 aliphatic carbocycles. The lowest BCUT2D eigenvalue weighted by atomic mass is 10.1. The standard InChI is InChI=1S/C19H16N2O5S2/c1-2-25-16-9-12(10-17-18(22)20-19(27)28-17)6-7-15(16)26-11-13-4-3-5-14(8-13)21(23)24/h3-10H,2,11H2,1H3,(H,20,22,27)/b17-10+. The fourth-order valence-electron chi connectivity index (χ4n) is 2.50. The molecule has 1 heterocycles. The number of nitro groups is 1. The molecule has 9 heteroatoms. The number of thioether (sulfide) groups is 1. The Morgan fingerprint density at radius 3 is 2.71 bits per heavy atom. The molecule has 144 valence electrons. The molecule has 0 unspecified atom stereocenters. The van der Waals surface area contributed by atoms with Gasteiger partial charge in [-0.05, 0) is 36.3 Å². The van der Waals surface area contributed by atoms with E-state index in [4.69, 9.17) is 21.7 Å². The number of hydrogen-bond donors (Lipinski definition) is 1. The van der Waals surface area contributed by atoms with Gasteiger partial charge in [-0.1, -0.05) is 42.2 Å². The zero-order valence-electron chi connectivity index (χ0n) is 14.8. The van der Waals surface area contributed by atoms with E-state index in [1.165, 1.54) is 23.9 Å². The molecule has 28 heavy (non-hydrogen) atoms. The molecule has 1 aliphatic rings. The van der Waals surface area contributed by atoms with E-state index < -0.39 is 4.92 Å². The molecule has 1 saturated heterocycles. The first-order valence-electron chi connectivity index (χ1n) is 8.34. The molecule has 1 fully saturated rings. The number of non-ortho nitro benzene ring substituents is 1. The molecule has 1 amide bonds. The van der Waals surface area contributed by atoms with Crippen molar-refractivity contribution in [3.05, 3.63) is 68.6 Å². The number of hydrogen-bond acceptors (Lipinski definition) is 7.